The van der Waals surface area contributed by atoms with Crippen molar-refractivity contribution in [3.05, 3.63) is 89.5 Å². The fourth-order valence-electron chi connectivity index (χ4n) is 3.46. The topological polar surface area (TPSA) is 94.7 Å². The van der Waals surface area contributed by atoms with E-state index in [1.54, 1.807) is 80.2 Å². The maximum Gasteiger partial charge on any atom is 0.253 e. The fraction of sp³-hybridized carbons (Fsp3) is 0.250. The van der Waals surface area contributed by atoms with Crippen LogP contribution in [0.2, 0.25) is 0 Å². The molecule has 7 heteroatoms. The number of hydrogen-bond donors (Lipinski definition) is 2. The Morgan fingerprint density at radius 2 is 1.29 bits per heavy atom. The summed E-state index contributed by atoms with van der Waals surface area (Å²) in [5, 5.41) is 19.7. The Kier molecular flexibility index (Phi) is 9.87. The van der Waals surface area contributed by atoms with E-state index in [0.717, 1.165) is 0 Å². The molecular weight excluding hydrogens is 442 g/mol. The van der Waals surface area contributed by atoms with Crippen LogP contribution in [0.25, 0.3) is 0 Å². The number of nitrogens with zero attached hydrogens (tertiary/aromatic N) is 3. The Morgan fingerprint density at radius 1 is 0.800 bits per heavy atom. The summed E-state index contributed by atoms with van der Waals surface area (Å²) >= 11 is 0. The zero-order valence-corrected chi connectivity index (χ0v) is 19.9. The minimum atomic E-state index is -0.0537. The highest BCUT2D eigenvalue weighted by atomic mass is 16.5. The summed E-state index contributed by atoms with van der Waals surface area (Å²) in [6.07, 6.45) is 4.68. The van der Waals surface area contributed by atoms with Crippen molar-refractivity contribution in [3.63, 3.8) is 0 Å². The highest BCUT2D eigenvalue weighted by Gasteiger charge is 2.15. The third-order valence-corrected chi connectivity index (χ3v) is 5.39. The largest absolute Gasteiger partial charge is 0.507 e. The zero-order valence-electron chi connectivity index (χ0n) is 19.9. The van der Waals surface area contributed by atoms with Crippen molar-refractivity contribution in [1.82, 2.24) is 4.90 Å². The standard InChI is InChI=1S/C28H31N3O4/c1-35-25-14-12-22(13-15-25)28(34)31(18-6-16-29-20-23-8-2-4-10-26(23)32)19-7-17-30-21-24-9-3-5-11-27(24)33/h2-5,8-15,20-21,32-33H,6-7,16-19H2,1H3. The predicted molar refractivity (Wildman–Crippen MR) is 139 cm³/mol. The molecule has 0 heterocycles. The van der Waals surface area contributed by atoms with E-state index < -0.39 is 0 Å². The van der Waals surface area contributed by atoms with Gasteiger partial charge in [-0.25, -0.2) is 0 Å². The molecule has 0 fully saturated rings. The molecule has 0 radical (unpaired) electrons. The van der Waals surface area contributed by atoms with Gasteiger partial charge in [0.2, 0.25) is 0 Å². The molecular formula is C28H31N3O4. The summed E-state index contributed by atoms with van der Waals surface area (Å²) in [6.45, 7) is 2.16. The molecule has 0 spiro atoms. The molecule has 0 aliphatic rings. The molecule has 0 atom stereocenters. The molecule has 0 saturated carbocycles. The maximum atomic E-state index is 13.1. The van der Waals surface area contributed by atoms with Crippen molar-refractivity contribution in [2.75, 3.05) is 33.3 Å². The number of rotatable bonds is 12. The van der Waals surface area contributed by atoms with Crippen LogP contribution in [0.4, 0.5) is 0 Å². The second kappa shape index (κ2) is 13.5. The van der Waals surface area contributed by atoms with Crippen LogP contribution in [0, 0.1) is 0 Å². The number of amides is 1. The number of ether oxygens (including phenoxy) is 1. The van der Waals surface area contributed by atoms with Gasteiger partial charge in [-0.15, -0.1) is 0 Å². The zero-order chi connectivity index (χ0) is 24.9. The normalized spacial score (nSPS) is 11.2. The van der Waals surface area contributed by atoms with Gasteiger partial charge < -0.3 is 19.8 Å². The van der Waals surface area contributed by atoms with E-state index in [4.69, 9.17) is 4.74 Å². The van der Waals surface area contributed by atoms with E-state index in [0.29, 0.717) is 61.5 Å². The number of aliphatic imine (C=N–C) groups is 2. The highest BCUT2D eigenvalue weighted by molar-refractivity contribution is 5.94. The molecule has 0 aliphatic heterocycles. The van der Waals surface area contributed by atoms with Crippen molar-refractivity contribution >= 4 is 18.3 Å². The first-order chi connectivity index (χ1) is 17.1. The van der Waals surface area contributed by atoms with Crippen LogP contribution >= 0.6 is 0 Å². The van der Waals surface area contributed by atoms with Gasteiger partial charge in [-0.3, -0.25) is 14.8 Å². The number of carbonyl (C=O) groups is 1. The lowest BCUT2D eigenvalue weighted by Crippen LogP contribution is -2.33. The lowest BCUT2D eigenvalue weighted by Gasteiger charge is -2.22. The van der Waals surface area contributed by atoms with E-state index >= 15 is 0 Å². The van der Waals surface area contributed by atoms with Crippen molar-refractivity contribution < 1.29 is 19.7 Å². The second-order valence-corrected chi connectivity index (χ2v) is 7.92. The lowest BCUT2D eigenvalue weighted by atomic mass is 10.1. The molecule has 0 aromatic heterocycles. The molecule has 3 aromatic carbocycles. The quantitative estimate of drug-likeness (QED) is 0.298. The fourth-order valence-corrected chi connectivity index (χ4v) is 3.46. The monoisotopic (exact) mass is 473 g/mol. The number of phenolic OH excluding ortho intramolecular Hbond substituents is 2. The van der Waals surface area contributed by atoms with Crippen LogP contribution < -0.4 is 4.74 Å². The second-order valence-electron chi connectivity index (χ2n) is 7.92. The maximum absolute atomic E-state index is 13.1. The summed E-state index contributed by atoms with van der Waals surface area (Å²) in [7, 11) is 1.59. The average Bonchev–Trinajstić information content (AvgIpc) is 2.88. The van der Waals surface area contributed by atoms with Crippen molar-refractivity contribution in [3.8, 4) is 17.2 Å². The van der Waals surface area contributed by atoms with Gasteiger partial charge in [-0.05, 0) is 61.4 Å². The van der Waals surface area contributed by atoms with Crippen LogP contribution in [-0.4, -0.2) is 66.7 Å². The highest BCUT2D eigenvalue weighted by Crippen LogP contribution is 2.15. The summed E-state index contributed by atoms with van der Waals surface area (Å²) < 4.78 is 5.19. The molecule has 2 N–H and O–H groups in total. The molecule has 0 bridgehead atoms. The number of methoxy groups -OCH3 is 1. The van der Waals surface area contributed by atoms with Crippen LogP contribution in [0.5, 0.6) is 17.2 Å². The van der Waals surface area contributed by atoms with E-state index in [-0.39, 0.29) is 17.4 Å². The molecule has 0 saturated heterocycles. The van der Waals surface area contributed by atoms with Gasteiger partial charge in [0.25, 0.3) is 5.91 Å². The Balaban J connectivity index is 1.57. The Labute approximate surface area is 206 Å². The molecule has 182 valence electrons. The van der Waals surface area contributed by atoms with Gasteiger partial charge in [0.1, 0.15) is 17.2 Å². The summed E-state index contributed by atoms with van der Waals surface area (Å²) in [5.74, 6) is 1.03. The molecule has 1 amide bonds. The summed E-state index contributed by atoms with van der Waals surface area (Å²) in [6, 6.07) is 21.2. The minimum absolute atomic E-state index is 0.0537. The Morgan fingerprint density at radius 3 is 1.74 bits per heavy atom. The van der Waals surface area contributed by atoms with Crippen molar-refractivity contribution in [2.45, 2.75) is 12.8 Å². The lowest BCUT2D eigenvalue weighted by molar-refractivity contribution is 0.0754. The third kappa shape index (κ3) is 7.99. The number of benzene rings is 3. The number of para-hydroxylation sites is 2. The van der Waals surface area contributed by atoms with Gasteiger partial charge >= 0.3 is 0 Å². The van der Waals surface area contributed by atoms with Crippen LogP contribution in [-0.2, 0) is 0 Å². The molecule has 3 rings (SSSR count). The van der Waals surface area contributed by atoms with Crippen LogP contribution in [0.15, 0.2) is 82.8 Å². The van der Waals surface area contributed by atoms with E-state index in [1.807, 2.05) is 17.0 Å². The smallest absolute Gasteiger partial charge is 0.253 e. The van der Waals surface area contributed by atoms with Gasteiger partial charge in [0, 0.05) is 55.3 Å². The van der Waals surface area contributed by atoms with Gasteiger partial charge in [0.05, 0.1) is 7.11 Å². The summed E-state index contributed by atoms with van der Waals surface area (Å²) in [4.78, 5) is 23.7. The van der Waals surface area contributed by atoms with E-state index in [1.165, 1.54) is 0 Å². The van der Waals surface area contributed by atoms with E-state index in [2.05, 4.69) is 9.98 Å². The number of phenols is 2. The number of aromatic hydroxyl groups is 2. The Hall–Kier alpha value is -4.13. The Bertz CT molecular complexity index is 1080. The molecule has 35 heavy (non-hydrogen) atoms. The predicted octanol–water partition coefficient (Wildman–Crippen LogP) is 4.57. The van der Waals surface area contributed by atoms with E-state index in [9.17, 15) is 15.0 Å². The first-order valence-electron chi connectivity index (χ1n) is 11.6. The van der Waals surface area contributed by atoms with Gasteiger partial charge in [-0.2, -0.15) is 0 Å². The molecule has 3 aromatic rings. The molecule has 0 aliphatic carbocycles. The van der Waals surface area contributed by atoms with Crippen LogP contribution in [0.3, 0.4) is 0 Å². The molecule has 7 nitrogen and oxygen atoms in total. The van der Waals surface area contributed by atoms with Crippen LogP contribution in [0.1, 0.15) is 34.3 Å². The van der Waals surface area contributed by atoms with Gasteiger partial charge in [-0.1, -0.05) is 24.3 Å². The van der Waals surface area contributed by atoms with Gasteiger partial charge in [0.15, 0.2) is 0 Å². The summed E-state index contributed by atoms with van der Waals surface area (Å²) in [5.41, 5.74) is 1.93. The van der Waals surface area contributed by atoms with Crippen molar-refractivity contribution in [2.24, 2.45) is 9.98 Å². The SMILES string of the molecule is COc1ccc(C(=O)N(CCCN=Cc2ccccc2O)CCCN=Cc2ccccc2O)cc1. The average molecular weight is 474 g/mol. The first kappa shape index (κ1) is 25.5. The number of carbonyl (C=O) groups excluding carboxylic acids is 1. The number of hydrogen-bond acceptors (Lipinski definition) is 6. The first-order valence-corrected chi connectivity index (χ1v) is 11.6. The third-order valence-electron chi connectivity index (χ3n) is 5.39. The minimum Gasteiger partial charge on any atom is -0.507 e. The van der Waals surface area contributed by atoms with Crippen molar-refractivity contribution in [1.29, 1.82) is 0 Å². The molecule has 0 unspecified atom stereocenters.